The molecule has 0 fully saturated rings. The molecule has 4 heteroatoms. The highest BCUT2D eigenvalue weighted by molar-refractivity contribution is 5.69. The molecule has 0 bridgehead atoms. The van der Waals surface area contributed by atoms with Gasteiger partial charge in [0.15, 0.2) is 0 Å². The van der Waals surface area contributed by atoms with Crippen molar-refractivity contribution in [1.29, 1.82) is 0 Å². The van der Waals surface area contributed by atoms with Crippen LogP contribution in [0.3, 0.4) is 0 Å². The zero-order valence-corrected chi connectivity index (χ0v) is 8.72. The molecule has 0 aliphatic carbocycles. The second-order valence-corrected chi connectivity index (χ2v) is 3.27. The van der Waals surface area contributed by atoms with E-state index in [1.54, 1.807) is 25.2 Å². The van der Waals surface area contributed by atoms with Crippen LogP contribution in [0.1, 0.15) is 26.2 Å². The fraction of sp³-hybridized carbons (Fsp3) is 0.455. The van der Waals surface area contributed by atoms with Gasteiger partial charge in [0.05, 0.1) is 12.3 Å². The van der Waals surface area contributed by atoms with E-state index in [1.165, 1.54) is 0 Å². The van der Waals surface area contributed by atoms with Crippen LogP contribution >= 0.6 is 0 Å². The van der Waals surface area contributed by atoms with Gasteiger partial charge in [-0.15, -0.1) is 0 Å². The molecule has 0 radical (unpaired) electrons. The van der Waals surface area contributed by atoms with Gasteiger partial charge in [-0.1, -0.05) is 31.2 Å². The molecule has 1 atom stereocenters. The van der Waals surface area contributed by atoms with Gasteiger partial charge in [0.1, 0.15) is 0 Å². The van der Waals surface area contributed by atoms with Crippen molar-refractivity contribution in [2.45, 2.75) is 26.2 Å². The molecule has 2 N–H and O–H groups in total. The van der Waals surface area contributed by atoms with E-state index in [1.807, 2.05) is 6.08 Å². The molecule has 0 amide bonds. The van der Waals surface area contributed by atoms with Gasteiger partial charge >= 0.3 is 11.9 Å². The Bertz CT molecular complexity index is 266. The highest BCUT2D eigenvalue weighted by atomic mass is 16.4. The van der Waals surface area contributed by atoms with Gasteiger partial charge in [-0.2, -0.15) is 0 Å². The zero-order valence-electron chi connectivity index (χ0n) is 8.72. The van der Waals surface area contributed by atoms with Crippen molar-refractivity contribution in [3.8, 4) is 0 Å². The summed E-state index contributed by atoms with van der Waals surface area (Å²) in [6, 6.07) is 0. The summed E-state index contributed by atoms with van der Waals surface area (Å²) in [5.74, 6) is -1.98. The molecule has 15 heavy (non-hydrogen) atoms. The summed E-state index contributed by atoms with van der Waals surface area (Å²) in [5.41, 5.74) is 0. The third-order valence-electron chi connectivity index (χ3n) is 1.86. The Labute approximate surface area is 88.9 Å². The molecule has 0 aromatic rings. The fourth-order valence-corrected chi connectivity index (χ4v) is 0.892. The van der Waals surface area contributed by atoms with Gasteiger partial charge in [-0.25, -0.2) is 0 Å². The van der Waals surface area contributed by atoms with Crippen molar-refractivity contribution in [1.82, 2.24) is 0 Å². The van der Waals surface area contributed by atoms with Crippen LogP contribution < -0.4 is 0 Å². The summed E-state index contributed by atoms with van der Waals surface area (Å²) in [6.45, 7) is 1.66. The van der Waals surface area contributed by atoms with E-state index in [4.69, 9.17) is 10.2 Å². The van der Waals surface area contributed by atoms with E-state index >= 15 is 0 Å². The van der Waals surface area contributed by atoms with Gasteiger partial charge in [-0.3, -0.25) is 9.59 Å². The van der Waals surface area contributed by atoms with Gasteiger partial charge in [0.25, 0.3) is 0 Å². The molecular weight excluding hydrogens is 196 g/mol. The molecule has 0 heterocycles. The second-order valence-electron chi connectivity index (χ2n) is 3.27. The summed E-state index contributed by atoms with van der Waals surface area (Å²) in [5, 5.41) is 16.9. The number of carboxylic acids is 2. The average molecular weight is 212 g/mol. The van der Waals surface area contributed by atoms with E-state index in [-0.39, 0.29) is 12.3 Å². The molecule has 0 spiro atoms. The second kappa shape index (κ2) is 7.79. The fourth-order valence-electron chi connectivity index (χ4n) is 0.892. The molecule has 0 aliphatic heterocycles. The minimum atomic E-state index is -0.862. The lowest BCUT2D eigenvalue weighted by Crippen LogP contribution is -2.08. The monoisotopic (exact) mass is 212 g/mol. The first-order valence-corrected chi connectivity index (χ1v) is 4.80. The van der Waals surface area contributed by atoms with Crippen LogP contribution in [0.2, 0.25) is 0 Å². The maximum Gasteiger partial charge on any atom is 0.307 e. The number of carboxylic acid groups (broad SMARTS) is 2. The van der Waals surface area contributed by atoms with Gasteiger partial charge in [0.2, 0.25) is 0 Å². The number of allylic oxidation sites excluding steroid dienone is 3. The Morgan fingerprint density at radius 3 is 2.33 bits per heavy atom. The molecule has 0 rings (SSSR count). The molecule has 1 unspecified atom stereocenters. The zero-order chi connectivity index (χ0) is 11.7. The van der Waals surface area contributed by atoms with Crippen molar-refractivity contribution >= 4 is 11.9 Å². The van der Waals surface area contributed by atoms with E-state index in [0.29, 0.717) is 12.8 Å². The highest BCUT2D eigenvalue weighted by Crippen LogP contribution is 2.05. The third-order valence-corrected chi connectivity index (χ3v) is 1.86. The number of rotatable bonds is 7. The van der Waals surface area contributed by atoms with Crippen molar-refractivity contribution in [3.63, 3.8) is 0 Å². The van der Waals surface area contributed by atoms with Crippen LogP contribution in [0.4, 0.5) is 0 Å². The lowest BCUT2D eigenvalue weighted by atomic mass is 10.1. The molecule has 0 aromatic heterocycles. The Balaban J connectivity index is 3.59. The quantitative estimate of drug-likeness (QED) is 0.633. The van der Waals surface area contributed by atoms with Crippen molar-refractivity contribution in [3.05, 3.63) is 24.3 Å². The average Bonchev–Trinajstić information content (AvgIpc) is 2.15. The van der Waals surface area contributed by atoms with E-state index in [9.17, 15) is 9.59 Å². The molecule has 0 saturated heterocycles. The van der Waals surface area contributed by atoms with Crippen LogP contribution in [0.15, 0.2) is 24.3 Å². The summed E-state index contributed by atoms with van der Waals surface area (Å²) in [4.78, 5) is 20.5. The summed E-state index contributed by atoms with van der Waals surface area (Å²) in [6.07, 6.45) is 8.05. The largest absolute Gasteiger partial charge is 0.481 e. The molecule has 0 saturated carbocycles. The van der Waals surface area contributed by atoms with Crippen LogP contribution in [-0.2, 0) is 9.59 Å². The SMILES string of the molecule is CC(CCC=CC=CCC(=O)O)C(=O)O. The molecule has 84 valence electrons. The lowest BCUT2D eigenvalue weighted by molar-refractivity contribution is -0.141. The number of aliphatic carboxylic acids is 2. The minimum absolute atomic E-state index is 0.00979. The summed E-state index contributed by atoms with van der Waals surface area (Å²) < 4.78 is 0. The number of carbonyl (C=O) groups is 2. The standard InChI is InChI=1S/C11H16O4/c1-9(11(14)15)7-5-3-2-4-6-8-10(12)13/h2-4,6,9H,5,7-8H2,1H3,(H,12,13)(H,14,15). The predicted octanol–water partition coefficient (Wildman–Crippen LogP) is 2.07. The molecule has 0 aromatic carbocycles. The van der Waals surface area contributed by atoms with Crippen LogP contribution in [-0.4, -0.2) is 22.2 Å². The predicted molar refractivity (Wildman–Crippen MR) is 56.6 cm³/mol. The first kappa shape index (κ1) is 13.4. The molecule has 0 aliphatic rings. The first-order chi connectivity index (χ1) is 7.04. The smallest absolute Gasteiger partial charge is 0.307 e. The summed E-state index contributed by atoms with van der Waals surface area (Å²) >= 11 is 0. The maximum absolute atomic E-state index is 10.4. The Kier molecular flexibility index (Phi) is 6.97. The van der Waals surface area contributed by atoms with E-state index in [0.717, 1.165) is 0 Å². The normalized spacial score (nSPS) is 13.4. The van der Waals surface area contributed by atoms with Gasteiger partial charge in [-0.05, 0) is 12.8 Å². The first-order valence-electron chi connectivity index (χ1n) is 4.80. The van der Waals surface area contributed by atoms with E-state index < -0.39 is 11.9 Å². The molecule has 4 nitrogen and oxygen atoms in total. The van der Waals surface area contributed by atoms with Gasteiger partial charge in [0, 0.05) is 0 Å². The lowest BCUT2D eigenvalue weighted by Gasteiger charge is -2.01. The van der Waals surface area contributed by atoms with E-state index in [2.05, 4.69) is 0 Å². The van der Waals surface area contributed by atoms with Crippen LogP contribution in [0.25, 0.3) is 0 Å². The van der Waals surface area contributed by atoms with Crippen LogP contribution in [0, 0.1) is 5.92 Å². The van der Waals surface area contributed by atoms with Crippen LogP contribution in [0.5, 0.6) is 0 Å². The van der Waals surface area contributed by atoms with Crippen molar-refractivity contribution < 1.29 is 19.8 Å². The molecular formula is C11H16O4. The topological polar surface area (TPSA) is 74.6 Å². The Morgan fingerprint density at radius 1 is 1.20 bits per heavy atom. The number of hydrogen-bond donors (Lipinski definition) is 2. The summed E-state index contributed by atoms with van der Waals surface area (Å²) in [7, 11) is 0. The Hall–Kier alpha value is -1.58. The number of hydrogen-bond acceptors (Lipinski definition) is 2. The minimum Gasteiger partial charge on any atom is -0.481 e. The highest BCUT2D eigenvalue weighted by Gasteiger charge is 2.08. The van der Waals surface area contributed by atoms with Crippen molar-refractivity contribution in [2.75, 3.05) is 0 Å². The third kappa shape index (κ3) is 8.74. The van der Waals surface area contributed by atoms with Crippen molar-refractivity contribution in [2.24, 2.45) is 5.92 Å². The van der Waals surface area contributed by atoms with Gasteiger partial charge < -0.3 is 10.2 Å². The maximum atomic E-state index is 10.4. The Morgan fingerprint density at radius 2 is 1.80 bits per heavy atom.